The van der Waals surface area contributed by atoms with Gasteiger partial charge in [-0.25, -0.2) is 0 Å². The van der Waals surface area contributed by atoms with Crippen LogP contribution in [0.5, 0.6) is 23.0 Å². The van der Waals surface area contributed by atoms with Crippen LogP contribution in [0.15, 0.2) is 48.5 Å². The number of carbonyl (C=O) groups excluding carboxylic acids is 1. The van der Waals surface area contributed by atoms with Gasteiger partial charge in [0.25, 0.3) is 6.47 Å². The number of aliphatic hydroxyl groups is 2. The number of ether oxygens (including phenoxy) is 3. The van der Waals surface area contributed by atoms with E-state index in [1.165, 1.54) is 30.3 Å². The van der Waals surface area contributed by atoms with E-state index >= 15 is 0 Å². The molecule has 0 unspecified atom stereocenters. The number of carbonyl (C=O) groups is 1. The molecule has 0 saturated carbocycles. The number of halogens is 8. The first-order valence-electron chi connectivity index (χ1n) is 9.82. The summed E-state index contributed by atoms with van der Waals surface area (Å²) in [6.45, 7) is -0.125. The Labute approximate surface area is 315 Å². The predicted octanol–water partition coefficient (Wildman–Crippen LogP) is -2.24. The number of phenolic OH excluding ortho intramolecular Hbond substituents is 1. The normalized spacial score (nSPS) is 9.56. The van der Waals surface area contributed by atoms with Gasteiger partial charge in [0.2, 0.25) is 0 Å². The Morgan fingerprint density at radius 2 is 1.33 bits per heavy atom. The Bertz CT molecular complexity index is 846. The molecule has 3 N–H and O–H groups in total. The number of aliphatic hydroxyl groups excluding tert-OH is 2. The van der Waals surface area contributed by atoms with Gasteiger partial charge in [0.1, 0.15) is 29.6 Å². The van der Waals surface area contributed by atoms with E-state index in [2.05, 4.69) is 30.3 Å². The van der Waals surface area contributed by atoms with Gasteiger partial charge in [0.15, 0.2) is 0 Å². The van der Waals surface area contributed by atoms with E-state index in [0.717, 1.165) is 18.2 Å². The zero-order valence-electron chi connectivity index (χ0n) is 22.5. The zero-order valence-corrected chi connectivity index (χ0v) is 28.4. The van der Waals surface area contributed by atoms with Crippen LogP contribution in [0.25, 0.3) is 0 Å². The Morgan fingerprint density at radius 3 is 1.67 bits per heavy atom. The van der Waals surface area contributed by atoms with Crippen molar-refractivity contribution in [2.75, 3.05) is 32.3 Å². The van der Waals surface area contributed by atoms with Gasteiger partial charge in [-0.3, -0.25) is 9.18 Å². The molecule has 0 aliphatic rings. The summed E-state index contributed by atoms with van der Waals surface area (Å²) < 4.78 is 97.8. The summed E-state index contributed by atoms with van der Waals surface area (Å²) in [4.78, 5) is 11.2. The average Bonchev–Trinajstić information content (AvgIpc) is 2.82. The smallest absolute Gasteiger partial charge is 1.00 e. The summed E-state index contributed by atoms with van der Waals surface area (Å²) in [5.74, 6) is -0.831. The van der Waals surface area contributed by atoms with Gasteiger partial charge in [-0.05, 0) is 24.3 Å². The van der Waals surface area contributed by atoms with E-state index in [-0.39, 0.29) is 148 Å². The zero-order chi connectivity index (χ0) is 30.0. The molecule has 39 heavy (non-hydrogen) atoms. The van der Waals surface area contributed by atoms with Crippen LogP contribution in [0.4, 0.5) is 30.7 Å². The third-order valence-electron chi connectivity index (χ3n) is 2.57. The van der Waals surface area contributed by atoms with Gasteiger partial charge < -0.3 is 41.1 Å². The molecular weight excluding hydrogens is 675 g/mol. The second-order valence-electron chi connectivity index (χ2n) is 5.24. The molecule has 2 aromatic carbocycles. The van der Waals surface area contributed by atoms with Crippen LogP contribution in [-0.4, -0.2) is 66.8 Å². The van der Waals surface area contributed by atoms with Gasteiger partial charge in [-0.1, -0.05) is 28.1 Å². The molecule has 2 rings (SSSR count). The average molecular weight is 700 g/mol. The number of hydrogen-bond acceptors (Lipinski definition) is 9. The Kier molecular flexibility index (Phi) is 37.0. The number of rotatable bonds is 7. The number of phenols is 1. The number of alkyl halides is 8. The topological polar surface area (TPSA) is 138 Å². The summed E-state index contributed by atoms with van der Waals surface area (Å²) in [5, 5.41) is 34.2. The first-order chi connectivity index (χ1) is 17.7. The van der Waals surface area contributed by atoms with Crippen molar-refractivity contribution in [1.82, 2.24) is 0 Å². The Morgan fingerprint density at radius 1 is 0.949 bits per heavy atom. The van der Waals surface area contributed by atoms with E-state index in [1.807, 2.05) is 0 Å². The molecule has 0 heterocycles. The minimum absolute atomic E-state index is 0. The van der Waals surface area contributed by atoms with Crippen molar-refractivity contribution in [3.8, 4) is 23.0 Å². The molecule has 0 atom stereocenters. The third-order valence-corrected chi connectivity index (χ3v) is 2.93. The number of hydrogen-bond donors (Lipinski definition) is 3. The van der Waals surface area contributed by atoms with E-state index in [0.29, 0.717) is 5.33 Å². The summed E-state index contributed by atoms with van der Waals surface area (Å²) in [6.07, 6.45) is -9.43. The quantitative estimate of drug-likeness (QED) is 0.0732. The first kappa shape index (κ1) is 46.2. The van der Waals surface area contributed by atoms with Crippen LogP contribution in [-0.2, 0) is 9.68 Å². The third kappa shape index (κ3) is 38.3. The van der Waals surface area contributed by atoms with Crippen molar-refractivity contribution in [2.45, 2.75) is 12.7 Å². The second-order valence-corrected chi connectivity index (χ2v) is 6.04. The van der Waals surface area contributed by atoms with E-state index in [4.69, 9.17) is 31.5 Å². The minimum Gasteiger partial charge on any atom is -1.00 e. The first-order valence-corrected chi connectivity index (χ1v) is 10.2. The fourth-order valence-corrected chi connectivity index (χ4v) is 1.61. The molecule has 0 spiro atoms. The molecule has 0 bridgehead atoms. The van der Waals surface area contributed by atoms with Crippen molar-refractivity contribution in [3.63, 3.8) is 0 Å². The molecule has 216 valence electrons. The van der Waals surface area contributed by atoms with Crippen molar-refractivity contribution in [2.24, 2.45) is 0 Å². The summed E-state index contributed by atoms with van der Waals surface area (Å²) >= 11 is 3.00. The van der Waals surface area contributed by atoms with E-state index in [9.17, 15) is 30.7 Å². The summed E-state index contributed by atoms with van der Waals surface area (Å²) in [5.41, 5.74) is 0. The Balaban J connectivity index is -0.000000105. The maximum Gasteiger partial charge on any atom is 1.00 e. The van der Waals surface area contributed by atoms with Crippen LogP contribution in [0, 0.1) is 0 Å². The summed E-state index contributed by atoms with van der Waals surface area (Å²) in [7, 11) is -1.00. The molecule has 0 saturated heterocycles. The standard InChI is InChI=1S/C9H9F3O3.C7H5F3O2.C2H5BrO.CH3F.CH2O3.2K.H/c10-9(11,12)15-8-3-1-2-7(6-8)14-5-4-13;8-7(9,10)12-6-3-1-2-5(11)4-6;3-1-2-4;1-2;2-1-4-3;;;/h1-3,6,13H,4-5H2;1-4,11H;4H,1-2H2;1H3;1,3H;;;/q;;;;;2*+1;-1/p-1/i;;;1D;;;;. The van der Waals surface area contributed by atoms with Gasteiger partial charge >= 0.3 is 115 Å². The fourth-order valence-electron chi connectivity index (χ4n) is 1.61. The molecule has 0 radical (unpaired) electrons. The van der Waals surface area contributed by atoms with Crippen LogP contribution in [0.1, 0.15) is 2.80 Å². The predicted molar refractivity (Wildman–Crippen MR) is 117 cm³/mol. The number of benzene rings is 2. The van der Waals surface area contributed by atoms with Gasteiger partial charge in [-0.2, -0.15) is 0 Å². The SMILES string of the molecule is O=CO[O-].OCCBr.OCCOc1cccc(OC(F)(F)F)c1.Oc1cccc(OC(F)(F)F)c1.[2H]CF.[H-].[K+].[K+]. The van der Waals surface area contributed by atoms with Crippen molar-refractivity contribution < 1.29 is 181 Å². The maximum absolute atomic E-state index is 11.8. The molecule has 0 aliphatic heterocycles. The molecule has 2 aromatic rings. The van der Waals surface area contributed by atoms with Crippen LogP contribution >= 0.6 is 15.9 Å². The van der Waals surface area contributed by atoms with Crippen molar-refractivity contribution in [1.29, 1.82) is 0 Å². The van der Waals surface area contributed by atoms with E-state index in [1.54, 1.807) is 0 Å². The molecule has 0 aromatic heterocycles. The number of aromatic hydroxyl groups is 1. The van der Waals surface area contributed by atoms with Gasteiger partial charge in [-0.15, -0.1) is 26.3 Å². The molecule has 0 fully saturated rings. The van der Waals surface area contributed by atoms with Crippen LogP contribution in [0.2, 0.25) is 0 Å². The largest absolute Gasteiger partial charge is 1.00 e. The second kappa shape index (κ2) is 31.2. The summed E-state index contributed by atoms with van der Waals surface area (Å²) in [6, 6.07) is 9.61. The monoisotopic (exact) mass is 699 g/mol. The van der Waals surface area contributed by atoms with Crippen LogP contribution in [0.3, 0.4) is 0 Å². The maximum atomic E-state index is 11.8. The molecule has 9 nitrogen and oxygen atoms in total. The van der Waals surface area contributed by atoms with Gasteiger partial charge in [0.05, 0.1) is 21.7 Å². The molecule has 19 heteroatoms. The molecule has 0 amide bonds. The fraction of sp³-hybridized carbons (Fsp3) is 0.350. The minimum atomic E-state index is -4.71. The molecular formula is C20H24BrF7K2O9. The van der Waals surface area contributed by atoms with Crippen LogP contribution < -0.4 is 122 Å². The van der Waals surface area contributed by atoms with Crippen molar-refractivity contribution >= 4 is 22.4 Å². The van der Waals surface area contributed by atoms with E-state index < -0.39 is 25.6 Å². The Hall–Kier alpha value is 0.253. The molecule has 0 aliphatic carbocycles. The van der Waals surface area contributed by atoms with Gasteiger partial charge in [0, 0.05) is 17.5 Å². The van der Waals surface area contributed by atoms with Crippen molar-refractivity contribution in [3.05, 3.63) is 48.5 Å².